The molecule has 0 amide bonds. The number of aryl methyl sites for hydroxylation is 1. The molecule has 4 rings (SSSR count). The molecule has 0 aliphatic heterocycles. The molecule has 39 heavy (non-hydrogen) atoms. The Labute approximate surface area is 231 Å². The normalized spacial score (nSPS) is 11.8. The van der Waals surface area contributed by atoms with Crippen LogP contribution in [0.2, 0.25) is 0 Å². The average molecular weight is 528 g/mol. The molecule has 6 nitrogen and oxygen atoms in total. The van der Waals surface area contributed by atoms with E-state index in [1.54, 1.807) is 0 Å². The smallest absolute Gasteiger partial charge is 0.306 e. The van der Waals surface area contributed by atoms with E-state index in [4.69, 9.17) is 4.74 Å². The Hall–Kier alpha value is -3.67. The molecule has 0 radical (unpaired) electrons. The molecule has 0 bridgehead atoms. The lowest BCUT2D eigenvalue weighted by Crippen LogP contribution is -2.13. The van der Waals surface area contributed by atoms with Gasteiger partial charge >= 0.3 is 5.97 Å². The van der Waals surface area contributed by atoms with E-state index < -0.39 is 0 Å². The highest BCUT2D eigenvalue weighted by Crippen LogP contribution is 2.43. The van der Waals surface area contributed by atoms with Crippen molar-refractivity contribution in [3.05, 3.63) is 65.7 Å². The lowest BCUT2D eigenvalue weighted by atomic mass is 9.81. The van der Waals surface area contributed by atoms with E-state index in [9.17, 15) is 9.90 Å². The molecule has 0 fully saturated rings. The first-order valence-corrected chi connectivity index (χ1v) is 14.1. The molecule has 1 heterocycles. The fraction of sp³-hybridized carbons (Fsp3) is 0.424. The van der Waals surface area contributed by atoms with Gasteiger partial charge in [0.05, 0.1) is 6.61 Å². The third kappa shape index (κ3) is 7.05. The van der Waals surface area contributed by atoms with Crippen molar-refractivity contribution in [1.82, 2.24) is 15.4 Å². The number of phenolic OH excluding ortho intramolecular Hbond substituents is 1. The molecule has 0 atom stereocenters. The van der Waals surface area contributed by atoms with Gasteiger partial charge in [0.1, 0.15) is 16.8 Å². The highest BCUT2D eigenvalue weighted by molar-refractivity contribution is 5.97. The Bertz CT molecular complexity index is 1420. The van der Waals surface area contributed by atoms with Crippen molar-refractivity contribution in [3.63, 3.8) is 0 Å². The number of nitrogens with one attached hydrogen (secondary N) is 1. The predicted octanol–water partition coefficient (Wildman–Crippen LogP) is 7.99. The van der Waals surface area contributed by atoms with Crippen LogP contribution in [0, 0.1) is 5.92 Å². The molecule has 6 heteroatoms. The molecule has 0 saturated heterocycles. The van der Waals surface area contributed by atoms with Gasteiger partial charge in [0, 0.05) is 23.1 Å². The van der Waals surface area contributed by atoms with Crippen molar-refractivity contribution in [2.75, 3.05) is 6.61 Å². The monoisotopic (exact) mass is 527 g/mol. The summed E-state index contributed by atoms with van der Waals surface area (Å²) >= 11 is 0. The van der Waals surface area contributed by atoms with Crippen molar-refractivity contribution in [3.8, 4) is 28.0 Å². The maximum Gasteiger partial charge on any atom is 0.306 e. The molecule has 206 valence electrons. The Morgan fingerprint density at radius 1 is 0.923 bits per heavy atom. The summed E-state index contributed by atoms with van der Waals surface area (Å²) in [5, 5.41) is 22.9. The Balaban J connectivity index is 1.59. The Morgan fingerprint density at radius 3 is 2.36 bits per heavy atom. The summed E-state index contributed by atoms with van der Waals surface area (Å²) in [5.41, 5.74) is 6.68. The summed E-state index contributed by atoms with van der Waals surface area (Å²) in [6.07, 6.45) is 5.23. The number of hydrogen-bond acceptors (Lipinski definition) is 5. The van der Waals surface area contributed by atoms with Gasteiger partial charge in [-0.25, -0.2) is 0 Å². The van der Waals surface area contributed by atoms with Crippen LogP contribution in [0.1, 0.15) is 77.8 Å². The van der Waals surface area contributed by atoms with Crippen molar-refractivity contribution >= 4 is 17.0 Å². The molecule has 4 aromatic rings. The van der Waals surface area contributed by atoms with Crippen LogP contribution in [-0.2, 0) is 21.4 Å². The second kappa shape index (κ2) is 12.5. The summed E-state index contributed by atoms with van der Waals surface area (Å²) < 4.78 is 5.51. The largest absolute Gasteiger partial charge is 0.507 e. The maximum absolute atomic E-state index is 12.5. The number of carbonyl (C=O) groups excluding carboxylic acids is 1. The van der Waals surface area contributed by atoms with Gasteiger partial charge in [-0.2, -0.15) is 15.4 Å². The molecule has 3 aromatic carbocycles. The number of aromatic amines is 1. The van der Waals surface area contributed by atoms with E-state index in [0.29, 0.717) is 25.4 Å². The molecular weight excluding hydrogens is 486 g/mol. The standard InChI is InChI=1S/C33H41N3O3/c1-22(2)12-7-6-10-19-39-30(37)18-17-23-20-27(32(38)28(21-23)33(3,4)5)25-14-9-8-13-24(25)26-15-11-16-29-31(26)35-36-34-29/h8-9,11,13-16,20-22,38H,6-7,10,12,17-19H2,1-5H3,(H,34,35,36). The van der Waals surface area contributed by atoms with E-state index in [2.05, 4.69) is 50.0 Å². The number of aromatic nitrogens is 3. The summed E-state index contributed by atoms with van der Waals surface area (Å²) in [4.78, 5) is 12.5. The molecule has 0 aliphatic rings. The fourth-order valence-corrected chi connectivity index (χ4v) is 4.99. The predicted molar refractivity (Wildman–Crippen MR) is 158 cm³/mol. The first-order chi connectivity index (χ1) is 18.6. The quantitative estimate of drug-likeness (QED) is 0.152. The number of carbonyl (C=O) groups is 1. The zero-order valence-electron chi connectivity index (χ0n) is 23.9. The number of aromatic hydroxyl groups is 1. The fourth-order valence-electron chi connectivity index (χ4n) is 4.99. The van der Waals surface area contributed by atoms with Crippen molar-refractivity contribution < 1.29 is 14.6 Å². The lowest BCUT2D eigenvalue weighted by molar-refractivity contribution is -0.143. The maximum atomic E-state index is 12.5. The minimum atomic E-state index is -0.285. The van der Waals surface area contributed by atoms with Gasteiger partial charge in [-0.15, -0.1) is 0 Å². The minimum Gasteiger partial charge on any atom is -0.507 e. The zero-order valence-corrected chi connectivity index (χ0v) is 23.9. The summed E-state index contributed by atoms with van der Waals surface area (Å²) in [7, 11) is 0. The molecule has 2 N–H and O–H groups in total. The number of H-pyrrole nitrogens is 1. The van der Waals surface area contributed by atoms with Crippen LogP contribution < -0.4 is 0 Å². The van der Waals surface area contributed by atoms with Crippen molar-refractivity contribution in [2.45, 2.75) is 78.6 Å². The number of rotatable bonds is 11. The Morgan fingerprint density at radius 2 is 1.64 bits per heavy atom. The van der Waals surface area contributed by atoms with Crippen molar-refractivity contribution in [2.24, 2.45) is 5.92 Å². The lowest BCUT2D eigenvalue weighted by Gasteiger charge is -2.24. The van der Waals surface area contributed by atoms with Crippen LogP contribution in [0.3, 0.4) is 0 Å². The number of esters is 1. The number of hydrogen-bond donors (Lipinski definition) is 2. The third-order valence-corrected chi connectivity index (χ3v) is 7.14. The number of fused-ring (bicyclic) bond motifs is 1. The summed E-state index contributed by atoms with van der Waals surface area (Å²) in [6, 6.07) is 18.0. The van der Waals surface area contributed by atoms with Crippen LogP contribution in [0.4, 0.5) is 0 Å². The first-order valence-electron chi connectivity index (χ1n) is 14.1. The second-order valence-electron chi connectivity index (χ2n) is 11.8. The highest BCUT2D eigenvalue weighted by Gasteiger charge is 2.24. The molecule has 0 unspecified atom stereocenters. The Kier molecular flexibility index (Phi) is 9.05. The van der Waals surface area contributed by atoms with E-state index >= 15 is 0 Å². The number of phenols is 1. The van der Waals surface area contributed by atoms with Crippen LogP contribution in [0.15, 0.2) is 54.6 Å². The zero-order chi connectivity index (χ0) is 28.0. The SMILES string of the molecule is CC(C)CCCCCOC(=O)CCc1cc(-c2ccccc2-c2cccc3n[nH]nc23)c(O)c(C(C)(C)C)c1. The molecule has 0 spiro atoms. The molecule has 0 aliphatic carbocycles. The van der Waals surface area contributed by atoms with Crippen LogP contribution >= 0.6 is 0 Å². The summed E-state index contributed by atoms with van der Waals surface area (Å²) in [6.45, 7) is 11.2. The van der Waals surface area contributed by atoms with E-state index in [1.165, 1.54) is 12.8 Å². The minimum absolute atomic E-state index is 0.177. The van der Waals surface area contributed by atoms with Gasteiger partial charge in [0.2, 0.25) is 0 Å². The number of benzene rings is 3. The molecule has 0 saturated carbocycles. The molecule has 1 aromatic heterocycles. The van der Waals surface area contributed by atoms with Gasteiger partial charge in [-0.1, -0.05) is 96.3 Å². The first kappa shape index (κ1) is 28.3. The number of nitrogens with zero attached hydrogens (tertiary/aromatic N) is 2. The van der Waals surface area contributed by atoms with E-state index in [0.717, 1.165) is 57.3 Å². The van der Waals surface area contributed by atoms with Crippen LogP contribution in [-0.4, -0.2) is 33.1 Å². The van der Waals surface area contributed by atoms with E-state index in [-0.39, 0.29) is 17.1 Å². The third-order valence-electron chi connectivity index (χ3n) is 7.14. The van der Waals surface area contributed by atoms with Gasteiger partial charge in [-0.05, 0) is 53.0 Å². The van der Waals surface area contributed by atoms with Gasteiger partial charge < -0.3 is 9.84 Å². The highest BCUT2D eigenvalue weighted by atomic mass is 16.5. The van der Waals surface area contributed by atoms with Crippen LogP contribution in [0.25, 0.3) is 33.3 Å². The van der Waals surface area contributed by atoms with E-state index in [1.807, 2.05) is 54.6 Å². The average Bonchev–Trinajstić information content (AvgIpc) is 3.38. The number of para-hydroxylation sites is 1. The number of unbranched alkanes of at least 4 members (excludes halogenated alkanes) is 2. The second-order valence-corrected chi connectivity index (χ2v) is 11.8. The topological polar surface area (TPSA) is 88.1 Å². The van der Waals surface area contributed by atoms with Gasteiger partial charge in [0.25, 0.3) is 0 Å². The van der Waals surface area contributed by atoms with Gasteiger partial charge in [0.15, 0.2) is 0 Å². The molecular formula is C33H41N3O3. The van der Waals surface area contributed by atoms with Gasteiger partial charge in [-0.3, -0.25) is 4.79 Å². The van der Waals surface area contributed by atoms with Crippen LogP contribution in [0.5, 0.6) is 5.75 Å². The summed E-state index contributed by atoms with van der Waals surface area (Å²) in [5.74, 6) is 0.794. The van der Waals surface area contributed by atoms with Crippen molar-refractivity contribution in [1.29, 1.82) is 0 Å². The number of ether oxygens (including phenoxy) is 1.